The number of ether oxygens (including phenoxy) is 1. The van der Waals surface area contributed by atoms with Crippen molar-refractivity contribution in [2.75, 3.05) is 26.0 Å². The highest BCUT2D eigenvalue weighted by Gasteiger charge is 2.42. The highest BCUT2D eigenvalue weighted by atomic mass is 16.6. The number of aliphatic hydroxyl groups is 2. The van der Waals surface area contributed by atoms with E-state index in [4.69, 9.17) is 10.00 Å². The van der Waals surface area contributed by atoms with Gasteiger partial charge in [0.15, 0.2) is 23.2 Å². The van der Waals surface area contributed by atoms with Gasteiger partial charge in [0, 0.05) is 27.1 Å². The van der Waals surface area contributed by atoms with Gasteiger partial charge >= 0.3 is 0 Å². The molecule has 4 atom stereocenters. The Hall–Kier alpha value is -2.81. The first-order valence-electron chi connectivity index (χ1n) is 8.94. The van der Waals surface area contributed by atoms with Gasteiger partial charge in [-0.25, -0.2) is 15.0 Å². The molecule has 150 valence electrons. The third-order valence-electron chi connectivity index (χ3n) is 4.89. The second kappa shape index (κ2) is 8.05. The molecular weight excluding hydrogens is 364 g/mol. The Labute approximate surface area is 162 Å². The molecule has 3 heterocycles. The summed E-state index contributed by atoms with van der Waals surface area (Å²) in [5.41, 5.74) is 1.05. The first-order chi connectivity index (χ1) is 13.4. The topological polar surface area (TPSA) is 145 Å². The van der Waals surface area contributed by atoms with Gasteiger partial charge < -0.3 is 25.2 Å². The van der Waals surface area contributed by atoms with E-state index in [1.165, 1.54) is 6.33 Å². The molecule has 3 rings (SSSR count). The van der Waals surface area contributed by atoms with E-state index in [9.17, 15) is 10.2 Å². The minimum Gasteiger partial charge on any atom is -0.388 e. The summed E-state index contributed by atoms with van der Waals surface area (Å²) < 4.78 is 7.31. The van der Waals surface area contributed by atoms with Gasteiger partial charge in [-0.05, 0) is 13.8 Å². The average molecular weight is 388 g/mol. The summed E-state index contributed by atoms with van der Waals surface area (Å²) in [4.78, 5) is 19.0. The minimum atomic E-state index is -1.08. The number of aromatic nitrogens is 4. The molecule has 4 unspecified atom stereocenters. The summed E-state index contributed by atoms with van der Waals surface area (Å²) in [5, 5.41) is 32.0. The summed E-state index contributed by atoms with van der Waals surface area (Å²) in [6, 6.07) is 0. The molecule has 2 aromatic heterocycles. The third-order valence-corrected chi connectivity index (χ3v) is 4.89. The van der Waals surface area contributed by atoms with E-state index in [0.717, 1.165) is 0 Å². The van der Waals surface area contributed by atoms with Crippen molar-refractivity contribution in [1.82, 2.24) is 24.4 Å². The Morgan fingerprint density at radius 1 is 1.43 bits per heavy atom. The van der Waals surface area contributed by atoms with Gasteiger partial charge in [-0.15, -0.1) is 0 Å². The Morgan fingerprint density at radius 3 is 2.79 bits per heavy atom. The Kier molecular flexibility index (Phi) is 5.73. The van der Waals surface area contributed by atoms with Crippen LogP contribution in [0.1, 0.15) is 25.9 Å². The highest BCUT2D eigenvalue weighted by Crippen LogP contribution is 2.32. The Balaban J connectivity index is 1.92. The molecule has 0 saturated carbocycles. The van der Waals surface area contributed by atoms with E-state index in [-0.39, 0.29) is 0 Å². The first kappa shape index (κ1) is 19.9. The fourth-order valence-electron chi connectivity index (χ4n) is 3.08. The normalized spacial score (nSPS) is 25.1. The lowest BCUT2D eigenvalue weighted by molar-refractivity contribution is -0.0299. The van der Waals surface area contributed by atoms with Crippen molar-refractivity contribution in [3.05, 3.63) is 12.2 Å². The largest absolute Gasteiger partial charge is 0.388 e. The van der Waals surface area contributed by atoms with Crippen molar-refractivity contribution in [1.29, 1.82) is 5.26 Å². The monoisotopic (exact) mass is 388 g/mol. The number of amidine groups is 1. The van der Waals surface area contributed by atoms with Gasteiger partial charge in [0.2, 0.25) is 6.19 Å². The molecule has 1 fully saturated rings. The van der Waals surface area contributed by atoms with Crippen molar-refractivity contribution in [3.8, 4) is 6.19 Å². The molecule has 28 heavy (non-hydrogen) atoms. The maximum atomic E-state index is 10.3. The minimum absolute atomic E-state index is 0.501. The van der Waals surface area contributed by atoms with Crippen LogP contribution >= 0.6 is 0 Å². The van der Waals surface area contributed by atoms with E-state index in [1.54, 1.807) is 31.7 Å². The lowest BCUT2D eigenvalue weighted by Crippen LogP contribution is -2.30. The fourth-order valence-corrected chi connectivity index (χ4v) is 3.08. The molecular formula is C17H24N8O3. The van der Waals surface area contributed by atoms with E-state index >= 15 is 0 Å². The van der Waals surface area contributed by atoms with Crippen molar-refractivity contribution in [2.24, 2.45) is 4.99 Å². The summed E-state index contributed by atoms with van der Waals surface area (Å²) in [7, 11) is 3.58. The standard InChI is InChI=1S/C17H24N8O3/c1-9-13(26)14(27)17(28-9)25-8-21-12-15(19-3)22-11(23-16(12)25)5-6-24(4)10(2)20-7-18/h8-9,13-14,17,26-27H,5-6H2,1-4H3,(H,19,22,23). The van der Waals surface area contributed by atoms with Crippen molar-refractivity contribution in [2.45, 2.75) is 44.8 Å². The predicted octanol–water partition coefficient (Wildman–Crippen LogP) is -0.119. The van der Waals surface area contributed by atoms with Crippen molar-refractivity contribution < 1.29 is 14.9 Å². The van der Waals surface area contributed by atoms with Gasteiger partial charge in [0.1, 0.15) is 23.9 Å². The van der Waals surface area contributed by atoms with Crippen LogP contribution in [0, 0.1) is 11.5 Å². The summed E-state index contributed by atoms with van der Waals surface area (Å²) in [6.45, 7) is 4.03. The van der Waals surface area contributed by atoms with Crippen LogP contribution < -0.4 is 5.32 Å². The van der Waals surface area contributed by atoms with Gasteiger partial charge in [0.25, 0.3) is 0 Å². The van der Waals surface area contributed by atoms with Crippen molar-refractivity contribution >= 4 is 22.8 Å². The van der Waals surface area contributed by atoms with Crippen molar-refractivity contribution in [3.63, 3.8) is 0 Å². The molecule has 1 saturated heterocycles. The third kappa shape index (κ3) is 3.62. The molecule has 0 aromatic carbocycles. The molecule has 11 heteroatoms. The number of likely N-dealkylation sites (N-methyl/N-ethyl adjacent to an activating group) is 1. The van der Waals surface area contributed by atoms with Crippen LogP contribution in [0.2, 0.25) is 0 Å². The number of nitrogens with zero attached hydrogens (tertiary/aromatic N) is 7. The lowest BCUT2D eigenvalue weighted by Gasteiger charge is -2.18. The van der Waals surface area contributed by atoms with Crippen LogP contribution in [0.5, 0.6) is 0 Å². The number of hydrogen-bond acceptors (Lipinski definition) is 9. The summed E-state index contributed by atoms with van der Waals surface area (Å²) in [5.74, 6) is 1.73. The number of imidazole rings is 1. The van der Waals surface area contributed by atoms with Gasteiger partial charge in [-0.2, -0.15) is 10.3 Å². The SMILES string of the molecule is CNc1nc(CCN(C)C(C)=NC#N)nc2c1ncn2C1OC(C)C(O)C1O. The fraction of sp³-hybridized carbons (Fsp3) is 0.588. The first-order valence-corrected chi connectivity index (χ1v) is 8.94. The molecule has 0 amide bonds. The molecule has 3 N–H and O–H groups in total. The molecule has 0 aliphatic carbocycles. The number of hydrogen-bond donors (Lipinski definition) is 3. The molecule has 2 aromatic rings. The predicted molar refractivity (Wildman–Crippen MR) is 102 cm³/mol. The maximum Gasteiger partial charge on any atom is 0.207 e. The number of aliphatic imine (C=N–C) groups is 1. The second-order valence-corrected chi connectivity index (χ2v) is 6.71. The van der Waals surface area contributed by atoms with Crippen LogP contribution in [0.3, 0.4) is 0 Å². The van der Waals surface area contributed by atoms with Crippen LogP contribution in [0.4, 0.5) is 5.82 Å². The summed E-state index contributed by atoms with van der Waals surface area (Å²) in [6.07, 6.45) is 0.459. The number of nitriles is 1. The van der Waals surface area contributed by atoms with E-state index in [0.29, 0.717) is 41.6 Å². The highest BCUT2D eigenvalue weighted by molar-refractivity contribution is 5.83. The molecule has 1 aliphatic rings. The quantitative estimate of drug-likeness (QED) is 0.362. The number of fused-ring (bicyclic) bond motifs is 1. The zero-order valence-corrected chi connectivity index (χ0v) is 16.2. The molecule has 0 bridgehead atoms. The molecule has 0 spiro atoms. The van der Waals surface area contributed by atoms with Crippen LogP contribution in [0.25, 0.3) is 11.2 Å². The smallest absolute Gasteiger partial charge is 0.207 e. The number of nitrogens with one attached hydrogen (secondary N) is 1. The number of aliphatic hydroxyl groups excluding tert-OH is 2. The number of anilines is 1. The van der Waals surface area contributed by atoms with Crippen LogP contribution in [-0.2, 0) is 11.2 Å². The van der Waals surface area contributed by atoms with Crippen LogP contribution in [0.15, 0.2) is 11.3 Å². The zero-order chi connectivity index (χ0) is 20.4. The van der Waals surface area contributed by atoms with Gasteiger partial charge in [0.05, 0.1) is 12.4 Å². The Bertz CT molecular complexity index is 921. The maximum absolute atomic E-state index is 10.3. The van der Waals surface area contributed by atoms with Gasteiger partial charge in [-0.1, -0.05) is 0 Å². The second-order valence-electron chi connectivity index (χ2n) is 6.71. The molecule has 0 radical (unpaired) electrons. The van der Waals surface area contributed by atoms with Gasteiger partial charge in [-0.3, -0.25) is 4.57 Å². The summed E-state index contributed by atoms with van der Waals surface area (Å²) >= 11 is 0. The van der Waals surface area contributed by atoms with E-state index < -0.39 is 24.5 Å². The molecule has 11 nitrogen and oxygen atoms in total. The number of rotatable bonds is 5. The van der Waals surface area contributed by atoms with E-state index in [1.807, 2.05) is 11.9 Å². The zero-order valence-electron chi connectivity index (χ0n) is 16.2. The van der Waals surface area contributed by atoms with E-state index in [2.05, 4.69) is 25.3 Å². The lowest BCUT2D eigenvalue weighted by atomic mass is 10.1. The van der Waals surface area contributed by atoms with Crippen LogP contribution in [-0.4, -0.2) is 79.4 Å². The Morgan fingerprint density at radius 2 is 2.18 bits per heavy atom. The average Bonchev–Trinajstić information content (AvgIpc) is 3.21. The molecule has 1 aliphatic heterocycles.